The Morgan fingerprint density at radius 1 is 1.47 bits per heavy atom. The molecule has 1 saturated heterocycles. The number of amides is 1. The lowest BCUT2D eigenvalue weighted by Crippen LogP contribution is -2.49. The highest BCUT2D eigenvalue weighted by Crippen LogP contribution is 2.34. The van der Waals surface area contributed by atoms with E-state index < -0.39 is 11.4 Å². The van der Waals surface area contributed by atoms with Crippen molar-refractivity contribution in [1.29, 1.82) is 0 Å². The van der Waals surface area contributed by atoms with Crippen LogP contribution in [0, 0.1) is 17.3 Å². The van der Waals surface area contributed by atoms with E-state index in [0.717, 1.165) is 12.8 Å². The molecule has 0 aromatic heterocycles. The SMILES string of the molecule is CC#CC(=O)N1CCCC(CCC)(C(=O)O)C1. The number of aliphatic carboxylic acids is 1. The Hall–Kier alpha value is -1.50. The standard InChI is InChI=1S/C13H19NO3/c1-3-6-11(15)14-9-5-8-13(10-14,7-4-2)12(16)17/h4-5,7-10H2,1-2H3,(H,16,17). The van der Waals surface area contributed by atoms with Crippen molar-refractivity contribution >= 4 is 11.9 Å². The van der Waals surface area contributed by atoms with Crippen molar-refractivity contribution in [2.24, 2.45) is 5.41 Å². The van der Waals surface area contributed by atoms with Gasteiger partial charge in [0, 0.05) is 13.1 Å². The van der Waals surface area contributed by atoms with E-state index in [0.29, 0.717) is 25.9 Å². The van der Waals surface area contributed by atoms with Crippen LogP contribution in [0.2, 0.25) is 0 Å². The number of nitrogens with zero attached hydrogens (tertiary/aromatic N) is 1. The van der Waals surface area contributed by atoms with Crippen molar-refractivity contribution in [3.63, 3.8) is 0 Å². The molecule has 1 unspecified atom stereocenters. The molecular formula is C13H19NO3. The minimum atomic E-state index is -0.790. The molecule has 1 rings (SSSR count). The Labute approximate surface area is 102 Å². The first kappa shape index (κ1) is 13.6. The predicted octanol–water partition coefficient (Wildman–Crippen LogP) is 1.50. The zero-order valence-corrected chi connectivity index (χ0v) is 10.5. The van der Waals surface area contributed by atoms with E-state index in [2.05, 4.69) is 11.8 Å². The number of rotatable bonds is 3. The second kappa shape index (κ2) is 5.72. The monoisotopic (exact) mass is 237 g/mol. The third-order valence-corrected chi connectivity index (χ3v) is 3.28. The van der Waals surface area contributed by atoms with Crippen LogP contribution in [0.4, 0.5) is 0 Å². The second-order valence-electron chi connectivity index (χ2n) is 4.54. The van der Waals surface area contributed by atoms with E-state index in [1.807, 2.05) is 6.92 Å². The predicted molar refractivity (Wildman–Crippen MR) is 64.2 cm³/mol. The lowest BCUT2D eigenvalue weighted by Gasteiger charge is -2.39. The Balaban J connectivity index is 2.84. The maximum absolute atomic E-state index is 11.7. The van der Waals surface area contributed by atoms with E-state index in [1.165, 1.54) is 0 Å². The fourth-order valence-electron chi connectivity index (χ4n) is 2.46. The van der Waals surface area contributed by atoms with Crippen LogP contribution in [0.3, 0.4) is 0 Å². The first-order chi connectivity index (χ1) is 8.05. The molecule has 0 spiro atoms. The number of carboxylic acid groups (broad SMARTS) is 1. The summed E-state index contributed by atoms with van der Waals surface area (Å²) in [6.07, 6.45) is 2.82. The van der Waals surface area contributed by atoms with Gasteiger partial charge in [0.25, 0.3) is 5.91 Å². The number of carboxylic acids is 1. The summed E-state index contributed by atoms with van der Waals surface area (Å²) in [4.78, 5) is 24.7. The summed E-state index contributed by atoms with van der Waals surface area (Å²) < 4.78 is 0. The van der Waals surface area contributed by atoms with Crippen molar-refractivity contribution in [2.45, 2.75) is 39.5 Å². The maximum Gasteiger partial charge on any atom is 0.311 e. The van der Waals surface area contributed by atoms with Crippen molar-refractivity contribution in [3.8, 4) is 11.8 Å². The largest absolute Gasteiger partial charge is 0.481 e. The highest BCUT2D eigenvalue weighted by Gasteiger charge is 2.42. The average molecular weight is 237 g/mol. The fraction of sp³-hybridized carbons (Fsp3) is 0.692. The molecule has 4 nitrogen and oxygen atoms in total. The van der Waals surface area contributed by atoms with E-state index >= 15 is 0 Å². The van der Waals surface area contributed by atoms with Gasteiger partial charge in [-0.05, 0) is 32.1 Å². The summed E-state index contributed by atoms with van der Waals surface area (Å²) in [7, 11) is 0. The van der Waals surface area contributed by atoms with Crippen LogP contribution < -0.4 is 0 Å². The number of carbonyl (C=O) groups is 2. The molecular weight excluding hydrogens is 218 g/mol. The fourth-order valence-corrected chi connectivity index (χ4v) is 2.46. The quantitative estimate of drug-likeness (QED) is 0.757. The molecule has 0 aliphatic carbocycles. The molecule has 0 bridgehead atoms. The Bertz CT molecular complexity index is 363. The molecule has 1 fully saturated rings. The summed E-state index contributed by atoms with van der Waals surface area (Å²) in [5, 5.41) is 9.38. The molecule has 1 N–H and O–H groups in total. The van der Waals surface area contributed by atoms with E-state index in [9.17, 15) is 14.7 Å². The van der Waals surface area contributed by atoms with Crippen molar-refractivity contribution in [3.05, 3.63) is 0 Å². The highest BCUT2D eigenvalue weighted by atomic mass is 16.4. The lowest BCUT2D eigenvalue weighted by atomic mass is 9.76. The summed E-state index contributed by atoms with van der Waals surface area (Å²) >= 11 is 0. The van der Waals surface area contributed by atoms with E-state index in [4.69, 9.17) is 0 Å². The number of likely N-dealkylation sites (tertiary alicyclic amines) is 1. The van der Waals surface area contributed by atoms with E-state index in [1.54, 1.807) is 11.8 Å². The van der Waals surface area contributed by atoms with Crippen LogP contribution in [0.25, 0.3) is 0 Å². The van der Waals surface area contributed by atoms with Gasteiger partial charge in [0.1, 0.15) is 0 Å². The molecule has 0 saturated carbocycles. The van der Waals surface area contributed by atoms with Gasteiger partial charge in [-0.15, -0.1) is 0 Å². The molecule has 4 heteroatoms. The number of carbonyl (C=O) groups excluding carboxylic acids is 1. The van der Waals surface area contributed by atoms with Crippen molar-refractivity contribution < 1.29 is 14.7 Å². The van der Waals surface area contributed by atoms with Crippen LogP contribution in [0.1, 0.15) is 39.5 Å². The molecule has 1 aliphatic heterocycles. The van der Waals surface area contributed by atoms with Gasteiger partial charge < -0.3 is 10.0 Å². The number of piperidine rings is 1. The summed E-state index contributed by atoms with van der Waals surface area (Å²) in [5.74, 6) is 4.00. The Morgan fingerprint density at radius 3 is 2.71 bits per heavy atom. The summed E-state index contributed by atoms with van der Waals surface area (Å²) in [6.45, 7) is 4.49. The van der Waals surface area contributed by atoms with Crippen LogP contribution in [-0.2, 0) is 9.59 Å². The average Bonchev–Trinajstić information content (AvgIpc) is 2.30. The van der Waals surface area contributed by atoms with Crippen LogP contribution in [-0.4, -0.2) is 35.0 Å². The lowest BCUT2D eigenvalue weighted by molar-refractivity contribution is -0.154. The Kier molecular flexibility index (Phi) is 4.56. The van der Waals surface area contributed by atoms with Gasteiger partial charge in [-0.1, -0.05) is 19.3 Å². The molecule has 1 aliphatic rings. The second-order valence-corrected chi connectivity index (χ2v) is 4.54. The Morgan fingerprint density at radius 2 is 2.18 bits per heavy atom. The zero-order chi connectivity index (χ0) is 12.9. The molecule has 17 heavy (non-hydrogen) atoms. The van der Waals surface area contributed by atoms with Crippen molar-refractivity contribution in [1.82, 2.24) is 4.90 Å². The first-order valence-electron chi connectivity index (χ1n) is 6.01. The number of hydrogen-bond donors (Lipinski definition) is 1. The highest BCUT2D eigenvalue weighted by molar-refractivity contribution is 5.94. The van der Waals surface area contributed by atoms with Gasteiger partial charge in [-0.2, -0.15) is 0 Å². The normalized spacial score (nSPS) is 23.8. The van der Waals surface area contributed by atoms with Gasteiger partial charge in [0.15, 0.2) is 0 Å². The zero-order valence-electron chi connectivity index (χ0n) is 10.5. The minimum Gasteiger partial charge on any atom is -0.481 e. The number of hydrogen-bond acceptors (Lipinski definition) is 2. The first-order valence-corrected chi connectivity index (χ1v) is 6.01. The van der Waals surface area contributed by atoms with Gasteiger partial charge in [0.05, 0.1) is 5.41 Å². The molecule has 0 aromatic carbocycles. The van der Waals surface area contributed by atoms with Crippen LogP contribution in [0.5, 0.6) is 0 Å². The van der Waals surface area contributed by atoms with Gasteiger partial charge in [0.2, 0.25) is 0 Å². The maximum atomic E-state index is 11.7. The minimum absolute atomic E-state index is 0.256. The molecule has 1 amide bonds. The summed E-state index contributed by atoms with van der Waals surface area (Å²) in [6, 6.07) is 0. The third-order valence-electron chi connectivity index (χ3n) is 3.28. The molecule has 1 heterocycles. The molecule has 0 aromatic rings. The smallest absolute Gasteiger partial charge is 0.311 e. The van der Waals surface area contributed by atoms with Crippen molar-refractivity contribution in [2.75, 3.05) is 13.1 Å². The van der Waals surface area contributed by atoms with Gasteiger partial charge in [-0.3, -0.25) is 9.59 Å². The van der Waals surface area contributed by atoms with Crippen LogP contribution in [0.15, 0.2) is 0 Å². The molecule has 94 valence electrons. The van der Waals surface area contributed by atoms with Gasteiger partial charge >= 0.3 is 5.97 Å². The summed E-state index contributed by atoms with van der Waals surface area (Å²) in [5.41, 5.74) is -0.766. The van der Waals surface area contributed by atoms with Crippen LogP contribution >= 0.6 is 0 Å². The molecule has 1 atom stereocenters. The molecule has 0 radical (unpaired) electrons. The van der Waals surface area contributed by atoms with Gasteiger partial charge in [-0.25, -0.2) is 0 Å². The third kappa shape index (κ3) is 3.00. The van der Waals surface area contributed by atoms with E-state index in [-0.39, 0.29) is 5.91 Å². The topological polar surface area (TPSA) is 57.6 Å².